The van der Waals surface area contributed by atoms with E-state index >= 15 is 0 Å². The molecular formula is C11H18N2O3. The van der Waals surface area contributed by atoms with Gasteiger partial charge in [-0.3, -0.25) is 4.79 Å². The van der Waals surface area contributed by atoms with Crippen molar-refractivity contribution in [3.05, 3.63) is 12.7 Å². The Morgan fingerprint density at radius 2 is 2.06 bits per heavy atom. The second kappa shape index (κ2) is 6.15. The third-order valence-corrected chi connectivity index (χ3v) is 2.76. The van der Waals surface area contributed by atoms with Crippen molar-refractivity contribution in [2.24, 2.45) is 5.92 Å². The molecule has 1 fully saturated rings. The zero-order valence-electron chi connectivity index (χ0n) is 9.32. The third-order valence-electron chi connectivity index (χ3n) is 2.76. The molecule has 2 N–H and O–H groups in total. The number of likely N-dealkylation sites (tertiary alicyclic amines) is 1. The van der Waals surface area contributed by atoms with Crippen LogP contribution in [0.5, 0.6) is 0 Å². The molecule has 0 aromatic carbocycles. The molecule has 1 heterocycles. The van der Waals surface area contributed by atoms with Crippen LogP contribution in [-0.2, 0) is 4.79 Å². The van der Waals surface area contributed by atoms with Gasteiger partial charge >= 0.3 is 12.0 Å². The maximum absolute atomic E-state index is 11.6. The SMILES string of the molecule is C=CCCNC(=O)N1CCC(C(=O)O)CC1. The summed E-state index contributed by atoms with van der Waals surface area (Å²) >= 11 is 0. The van der Waals surface area contributed by atoms with Gasteiger partial charge in [0, 0.05) is 19.6 Å². The summed E-state index contributed by atoms with van der Waals surface area (Å²) in [5.41, 5.74) is 0. The lowest BCUT2D eigenvalue weighted by molar-refractivity contribution is -0.143. The number of amides is 2. The van der Waals surface area contributed by atoms with Crippen molar-refractivity contribution in [2.45, 2.75) is 19.3 Å². The van der Waals surface area contributed by atoms with Crippen molar-refractivity contribution >= 4 is 12.0 Å². The van der Waals surface area contributed by atoms with Gasteiger partial charge in [0.15, 0.2) is 0 Å². The molecule has 5 heteroatoms. The lowest BCUT2D eigenvalue weighted by Gasteiger charge is -2.30. The lowest BCUT2D eigenvalue weighted by atomic mass is 9.97. The van der Waals surface area contributed by atoms with Gasteiger partial charge in [-0.2, -0.15) is 0 Å². The maximum atomic E-state index is 11.6. The molecule has 0 atom stereocenters. The molecule has 2 amide bonds. The fourth-order valence-electron chi connectivity index (χ4n) is 1.72. The van der Waals surface area contributed by atoms with E-state index in [1.165, 1.54) is 0 Å². The number of carboxylic acid groups (broad SMARTS) is 1. The van der Waals surface area contributed by atoms with Crippen molar-refractivity contribution in [1.82, 2.24) is 10.2 Å². The molecule has 90 valence electrons. The summed E-state index contributed by atoms with van der Waals surface area (Å²) in [5, 5.41) is 11.6. The number of carbonyl (C=O) groups excluding carboxylic acids is 1. The number of aliphatic carboxylic acids is 1. The maximum Gasteiger partial charge on any atom is 0.317 e. The van der Waals surface area contributed by atoms with Crippen molar-refractivity contribution in [1.29, 1.82) is 0 Å². The number of nitrogens with zero attached hydrogens (tertiary/aromatic N) is 1. The highest BCUT2D eigenvalue weighted by Gasteiger charge is 2.26. The summed E-state index contributed by atoms with van der Waals surface area (Å²) in [6.45, 7) is 5.20. The number of urea groups is 1. The quantitative estimate of drug-likeness (QED) is 0.556. The Bertz CT molecular complexity index is 270. The summed E-state index contributed by atoms with van der Waals surface area (Å²) in [6.07, 6.45) is 3.59. The van der Waals surface area contributed by atoms with Crippen LogP contribution in [0.4, 0.5) is 4.79 Å². The van der Waals surface area contributed by atoms with Gasteiger partial charge in [0.2, 0.25) is 0 Å². The Kier molecular flexibility index (Phi) is 4.82. The largest absolute Gasteiger partial charge is 0.481 e. The van der Waals surface area contributed by atoms with Crippen LogP contribution in [0.25, 0.3) is 0 Å². The fraction of sp³-hybridized carbons (Fsp3) is 0.636. The highest BCUT2D eigenvalue weighted by Crippen LogP contribution is 2.16. The van der Waals surface area contributed by atoms with Crippen LogP contribution in [0.15, 0.2) is 12.7 Å². The summed E-state index contributed by atoms with van der Waals surface area (Å²) in [4.78, 5) is 24.0. The molecule has 1 aliphatic rings. The van der Waals surface area contributed by atoms with Crippen LogP contribution < -0.4 is 5.32 Å². The van der Waals surface area contributed by atoms with E-state index in [9.17, 15) is 9.59 Å². The molecule has 0 bridgehead atoms. The Morgan fingerprint density at radius 3 is 2.56 bits per heavy atom. The zero-order valence-corrected chi connectivity index (χ0v) is 9.32. The molecule has 5 nitrogen and oxygen atoms in total. The van der Waals surface area contributed by atoms with E-state index in [0.29, 0.717) is 32.5 Å². The summed E-state index contributed by atoms with van der Waals surface area (Å²) in [6, 6.07) is -0.106. The smallest absolute Gasteiger partial charge is 0.317 e. The van der Waals surface area contributed by atoms with Crippen LogP contribution in [0.3, 0.4) is 0 Å². The number of carboxylic acids is 1. The van der Waals surface area contributed by atoms with E-state index in [-0.39, 0.29) is 11.9 Å². The third kappa shape index (κ3) is 3.56. The minimum absolute atomic E-state index is 0.106. The zero-order chi connectivity index (χ0) is 12.0. The van der Waals surface area contributed by atoms with Gasteiger partial charge < -0.3 is 15.3 Å². The Labute approximate surface area is 95.1 Å². The minimum Gasteiger partial charge on any atom is -0.481 e. The average molecular weight is 226 g/mol. The van der Waals surface area contributed by atoms with Crippen molar-refractivity contribution in [2.75, 3.05) is 19.6 Å². The molecule has 0 spiro atoms. The number of nitrogens with one attached hydrogen (secondary N) is 1. The molecule has 0 aromatic heterocycles. The number of rotatable bonds is 4. The van der Waals surface area contributed by atoms with Gasteiger partial charge in [-0.05, 0) is 19.3 Å². The van der Waals surface area contributed by atoms with E-state index in [1.54, 1.807) is 11.0 Å². The van der Waals surface area contributed by atoms with Gasteiger partial charge in [-0.25, -0.2) is 4.79 Å². The van der Waals surface area contributed by atoms with Crippen LogP contribution >= 0.6 is 0 Å². The standard InChI is InChI=1S/C11H18N2O3/c1-2-3-6-12-11(16)13-7-4-9(5-8-13)10(14)15/h2,9H,1,3-8H2,(H,12,16)(H,14,15). The van der Waals surface area contributed by atoms with Crippen LogP contribution in [0.1, 0.15) is 19.3 Å². The van der Waals surface area contributed by atoms with Gasteiger partial charge in [-0.1, -0.05) is 6.08 Å². The molecule has 0 aliphatic carbocycles. The predicted octanol–water partition coefficient (Wildman–Crippen LogP) is 1.07. The van der Waals surface area contributed by atoms with Crippen molar-refractivity contribution in [3.8, 4) is 0 Å². The number of piperidine rings is 1. The number of hydrogen-bond donors (Lipinski definition) is 2. The second-order valence-electron chi connectivity index (χ2n) is 3.91. The first kappa shape index (κ1) is 12.5. The normalized spacial score (nSPS) is 16.9. The molecular weight excluding hydrogens is 208 g/mol. The summed E-state index contributed by atoms with van der Waals surface area (Å²) < 4.78 is 0. The minimum atomic E-state index is -0.758. The van der Waals surface area contributed by atoms with Crippen LogP contribution in [0, 0.1) is 5.92 Å². The van der Waals surface area contributed by atoms with Crippen molar-refractivity contribution < 1.29 is 14.7 Å². The van der Waals surface area contributed by atoms with E-state index in [2.05, 4.69) is 11.9 Å². The molecule has 0 saturated carbocycles. The summed E-state index contributed by atoms with van der Waals surface area (Å²) in [5.74, 6) is -1.05. The highest BCUT2D eigenvalue weighted by atomic mass is 16.4. The Balaban J connectivity index is 2.27. The van der Waals surface area contributed by atoms with E-state index < -0.39 is 5.97 Å². The van der Waals surface area contributed by atoms with Crippen LogP contribution in [-0.4, -0.2) is 41.6 Å². The van der Waals surface area contributed by atoms with Gasteiger partial charge in [-0.15, -0.1) is 6.58 Å². The Hall–Kier alpha value is -1.52. The van der Waals surface area contributed by atoms with E-state index in [0.717, 1.165) is 6.42 Å². The van der Waals surface area contributed by atoms with Crippen LogP contribution in [0.2, 0.25) is 0 Å². The number of hydrogen-bond acceptors (Lipinski definition) is 2. The first-order valence-corrected chi connectivity index (χ1v) is 5.51. The number of carbonyl (C=O) groups is 2. The molecule has 1 saturated heterocycles. The van der Waals surface area contributed by atoms with E-state index in [1.807, 2.05) is 0 Å². The molecule has 1 rings (SSSR count). The molecule has 0 aromatic rings. The molecule has 16 heavy (non-hydrogen) atoms. The second-order valence-corrected chi connectivity index (χ2v) is 3.91. The molecule has 0 radical (unpaired) electrons. The molecule has 0 unspecified atom stereocenters. The topological polar surface area (TPSA) is 69.6 Å². The summed E-state index contributed by atoms with van der Waals surface area (Å²) in [7, 11) is 0. The highest BCUT2D eigenvalue weighted by molar-refractivity contribution is 5.75. The Morgan fingerprint density at radius 1 is 1.44 bits per heavy atom. The average Bonchev–Trinajstić information content (AvgIpc) is 2.29. The first-order chi connectivity index (χ1) is 7.65. The van der Waals surface area contributed by atoms with Crippen molar-refractivity contribution in [3.63, 3.8) is 0 Å². The monoisotopic (exact) mass is 226 g/mol. The first-order valence-electron chi connectivity index (χ1n) is 5.51. The van der Waals surface area contributed by atoms with Gasteiger partial charge in [0.1, 0.15) is 0 Å². The van der Waals surface area contributed by atoms with E-state index in [4.69, 9.17) is 5.11 Å². The molecule has 1 aliphatic heterocycles. The van der Waals surface area contributed by atoms with Gasteiger partial charge in [0.05, 0.1) is 5.92 Å². The lowest BCUT2D eigenvalue weighted by Crippen LogP contribution is -2.45. The predicted molar refractivity (Wildman–Crippen MR) is 60.1 cm³/mol. The van der Waals surface area contributed by atoms with Gasteiger partial charge in [0.25, 0.3) is 0 Å². The fourth-order valence-corrected chi connectivity index (χ4v) is 1.72.